The largest absolute Gasteiger partial charge is 0.484 e. The Morgan fingerprint density at radius 3 is 2.48 bits per heavy atom. The maximum absolute atomic E-state index is 12.7. The fraction of sp³-hybridized carbons (Fsp3) is 0.150. The van der Waals surface area contributed by atoms with Crippen LogP contribution in [-0.4, -0.2) is 23.3 Å². The molecule has 2 aromatic carbocycles. The molecule has 0 bridgehead atoms. The summed E-state index contributed by atoms with van der Waals surface area (Å²) in [6.07, 6.45) is -4.50. The van der Waals surface area contributed by atoms with Crippen LogP contribution in [0.1, 0.15) is 22.2 Å². The van der Waals surface area contributed by atoms with Gasteiger partial charge in [0, 0.05) is 12.5 Å². The number of carbonyl (C=O) groups excluding carboxylic acids is 2. The van der Waals surface area contributed by atoms with Crippen LogP contribution < -0.4 is 10.1 Å². The minimum absolute atomic E-state index is 0.0801. The standard InChI is InChI=1S/C20H15F3N2O3S/c1-12(26)18-17(13-6-3-2-4-7-13)25-19(29-18)24-16(27)11-28-15-9-5-8-14(10-15)20(21,22)23/h2-10H,11H2,1H3,(H,24,25,27). The van der Waals surface area contributed by atoms with Crippen molar-refractivity contribution in [1.82, 2.24) is 4.98 Å². The number of alkyl halides is 3. The number of carbonyl (C=O) groups is 2. The van der Waals surface area contributed by atoms with E-state index in [2.05, 4.69) is 10.3 Å². The number of benzene rings is 2. The highest BCUT2D eigenvalue weighted by molar-refractivity contribution is 7.18. The Balaban J connectivity index is 1.69. The predicted octanol–water partition coefficient (Wildman–Crippen LogP) is 5.05. The van der Waals surface area contributed by atoms with Crippen LogP contribution in [0.4, 0.5) is 18.3 Å². The minimum atomic E-state index is -4.50. The Morgan fingerprint density at radius 1 is 1.10 bits per heavy atom. The van der Waals surface area contributed by atoms with Gasteiger partial charge in [0.2, 0.25) is 0 Å². The van der Waals surface area contributed by atoms with Gasteiger partial charge in [0.15, 0.2) is 17.5 Å². The van der Waals surface area contributed by atoms with Crippen molar-refractivity contribution in [1.29, 1.82) is 0 Å². The molecule has 0 spiro atoms. The lowest BCUT2D eigenvalue weighted by molar-refractivity contribution is -0.137. The smallest absolute Gasteiger partial charge is 0.416 e. The molecule has 0 aliphatic rings. The van der Waals surface area contributed by atoms with Gasteiger partial charge in [-0.25, -0.2) is 4.98 Å². The van der Waals surface area contributed by atoms with Gasteiger partial charge in [0.1, 0.15) is 5.75 Å². The van der Waals surface area contributed by atoms with E-state index in [-0.39, 0.29) is 16.7 Å². The van der Waals surface area contributed by atoms with E-state index < -0.39 is 24.3 Å². The fourth-order valence-electron chi connectivity index (χ4n) is 2.47. The van der Waals surface area contributed by atoms with Crippen LogP contribution in [0.2, 0.25) is 0 Å². The average Bonchev–Trinajstić information content (AvgIpc) is 3.11. The number of thiazole rings is 1. The normalized spacial score (nSPS) is 11.2. The molecule has 1 N–H and O–H groups in total. The number of nitrogens with one attached hydrogen (secondary N) is 1. The van der Waals surface area contributed by atoms with Gasteiger partial charge < -0.3 is 4.74 Å². The zero-order valence-corrected chi connectivity index (χ0v) is 15.9. The SMILES string of the molecule is CC(=O)c1sc(NC(=O)COc2cccc(C(F)(F)F)c2)nc1-c1ccccc1. The average molecular weight is 420 g/mol. The van der Waals surface area contributed by atoms with E-state index >= 15 is 0 Å². The Labute approximate surface area is 168 Å². The van der Waals surface area contributed by atoms with E-state index in [1.54, 1.807) is 24.3 Å². The van der Waals surface area contributed by atoms with Crippen LogP contribution in [0.5, 0.6) is 5.75 Å². The van der Waals surface area contributed by atoms with E-state index in [1.165, 1.54) is 19.1 Å². The van der Waals surface area contributed by atoms with Gasteiger partial charge in [0.25, 0.3) is 5.91 Å². The topological polar surface area (TPSA) is 68.3 Å². The van der Waals surface area contributed by atoms with E-state index in [9.17, 15) is 22.8 Å². The van der Waals surface area contributed by atoms with Crippen molar-refractivity contribution in [2.24, 2.45) is 0 Å². The Bertz CT molecular complexity index is 1030. The summed E-state index contributed by atoms with van der Waals surface area (Å²) in [5.41, 5.74) is 0.320. The summed E-state index contributed by atoms with van der Waals surface area (Å²) in [6.45, 7) is 0.902. The number of Topliss-reactive ketones (excluding diaryl/α,β-unsaturated/α-hetero) is 1. The monoisotopic (exact) mass is 420 g/mol. The fourth-order valence-corrected chi connectivity index (χ4v) is 3.37. The van der Waals surface area contributed by atoms with Gasteiger partial charge >= 0.3 is 6.18 Å². The van der Waals surface area contributed by atoms with Gasteiger partial charge in [0.05, 0.1) is 16.1 Å². The summed E-state index contributed by atoms with van der Waals surface area (Å²) in [7, 11) is 0. The van der Waals surface area contributed by atoms with Crippen LogP contribution in [0.3, 0.4) is 0 Å². The molecule has 3 rings (SSSR count). The molecule has 0 saturated heterocycles. The molecule has 0 radical (unpaired) electrons. The second kappa shape index (κ2) is 8.44. The van der Waals surface area contributed by atoms with E-state index in [4.69, 9.17) is 4.74 Å². The van der Waals surface area contributed by atoms with Crippen molar-refractivity contribution >= 4 is 28.2 Å². The summed E-state index contributed by atoms with van der Waals surface area (Å²) in [6, 6.07) is 13.3. The molecular formula is C20H15F3N2O3S. The third kappa shape index (κ3) is 5.20. The van der Waals surface area contributed by atoms with E-state index in [0.717, 1.165) is 29.0 Å². The molecule has 29 heavy (non-hydrogen) atoms. The summed E-state index contributed by atoms with van der Waals surface area (Å²) in [4.78, 5) is 28.7. The molecule has 9 heteroatoms. The van der Waals surface area contributed by atoms with Crippen LogP contribution in [0.25, 0.3) is 11.3 Å². The van der Waals surface area contributed by atoms with Crippen molar-refractivity contribution in [3.05, 3.63) is 65.0 Å². The highest BCUT2D eigenvalue weighted by Crippen LogP contribution is 2.32. The molecule has 0 aliphatic heterocycles. The van der Waals surface area contributed by atoms with Gasteiger partial charge in [-0.2, -0.15) is 13.2 Å². The summed E-state index contributed by atoms with van der Waals surface area (Å²) in [5.74, 6) is -0.878. The molecule has 1 heterocycles. The molecule has 1 amide bonds. The number of ether oxygens (including phenoxy) is 1. The highest BCUT2D eigenvalue weighted by Gasteiger charge is 2.30. The van der Waals surface area contributed by atoms with E-state index in [1.807, 2.05) is 6.07 Å². The third-order valence-corrected chi connectivity index (χ3v) is 4.84. The molecular weight excluding hydrogens is 405 g/mol. The number of amides is 1. The maximum atomic E-state index is 12.7. The van der Waals surface area contributed by atoms with Crippen LogP contribution in [0.15, 0.2) is 54.6 Å². The number of halogens is 3. The van der Waals surface area contributed by atoms with Crippen LogP contribution in [0, 0.1) is 0 Å². The Kier molecular flexibility index (Phi) is 5.97. The van der Waals surface area contributed by atoms with Crippen molar-refractivity contribution in [2.45, 2.75) is 13.1 Å². The number of ketones is 1. The molecule has 0 atom stereocenters. The molecule has 0 fully saturated rings. The number of rotatable bonds is 6. The number of hydrogen-bond donors (Lipinski definition) is 1. The molecule has 0 saturated carbocycles. The summed E-state index contributed by atoms with van der Waals surface area (Å²) in [5, 5.41) is 2.71. The first-order chi connectivity index (χ1) is 13.7. The zero-order chi connectivity index (χ0) is 21.0. The lowest BCUT2D eigenvalue weighted by atomic mass is 10.1. The second-order valence-electron chi connectivity index (χ2n) is 5.98. The lowest BCUT2D eigenvalue weighted by Crippen LogP contribution is -2.20. The second-order valence-corrected chi connectivity index (χ2v) is 6.98. The first kappa shape index (κ1) is 20.5. The molecule has 150 valence electrons. The summed E-state index contributed by atoms with van der Waals surface area (Å²) < 4.78 is 43.3. The first-order valence-electron chi connectivity index (χ1n) is 8.41. The third-order valence-electron chi connectivity index (χ3n) is 3.77. The number of nitrogens with zero attached hydrogens (tertiary/aromatic N) is 1. The lowest BCUT2D eigenvalue weighted by Gasteiger charge is -2.09. The predicted molar refractivity (Wildman–Crippen MR) is 103 cm³/mol. The molecule has 3 aromatic rings. The summed E-state index contributed by atoms with van der Waals surface area (Å²) >= 11 is 1.02. The Hall–Kier alpha value is -3.20. The first-order valence-corrected chi connectivity index (χ1v) is 9.23. The van der Waals surface area contributed by atoms with Gasteiger partial charge in [-0.05, 0) is 18.2 Å². The van der Waals surface area contributed by atoms with Crippen LogP contribution in [-0.2, 0) is 11.0 Å². The molecule has 1 aromatic heterocycles. The van der Waals surface area contributed by atoms with Gasteiger partial charge in [-0.15, -0.1) is 0 Å². The number of hydrogen-bond acceptors (Lipinski definition) is 5. The van der Waals surface area contributed by atoms with Crippen LogP contribution >= 0.6 is 11.3 Å². The molecule has 5 nitrogen and oxygen atoms in total. The number of aromatic nitrogens is 1. The van der Waals surface area contributed by atoms with Crippen molar-refractivity contribution in [2.75, 3.05) is 11.9 Å². The minimum Gasteiger partial charge on any atom is -0.484 e. The van der Waals surface area contributed by atoms with E-state index in [0.29, 0.717) is 10.6 Å². The Morgan fingerprint density at radius 2 is 1.83 bits per heavy atom. The highest BCUT2D eigenvalue weighted by atomic mass is 32.1. The van der Waals surface area contributed by atoms with Crippen molar-refractivity contribution in [3.8, 4) is 17.0 Å². The van der Waals surface area contributed by atoms with Crippen molar-refractivity contribution in [3.63, 3.8) is 0 Å². The van der Waals surface area contributed by atoms with Crippen molar-refractivity contribution < 1.29 is 27.5 Å². The molecule has 0 unspecified atom stereocenters. The quantitative estimate of drug-likeness (QED) is 0.567. The molecule has 0 aliphatic carbocycles. The van der Waals surface area contributed by atoms with Gasteiger partial charge in [-0.3, -0.25) is 14.9 Å². The van der Waals surface area contributed by atoms with Gasteiger partial charge in [-0.1, -0.05) is 47.7 Å². The number of anilines is 1. The zero-order valence-electron chi connectivity index (χ0n) is 15.1. The maximum Gasteiger partial charge on any atom is 0.416 e.